The molecule has 1 aromatic carbocycles. The normalized spacial score (nSPS) is 23.0. The van der Waals surface area contributed by atoms with E-state index in [9.17, 15) is 0 Å². The minimum absolute atomic E-state index is 0.0485. The van der Waals surface area contributed by atoms with Crippen molar-refractivity contribution in [2.75, 3.05) is 19.7 Å². The molecule has 19 heavy (non-hydrogen) atoms. The molecule has 2 N–H and O–H groups in total. The standard InChI is InChI=1S/C15H23ClN2O/c1-11(17)14(12-5-4-6-13(16)9-12)18-7-8-19-15(2,3)10-18/h4-6,9,11,14H,7-8,10,17H2,1-3H3. The Balaban J connectivity index is 2.25. The lowest BCUT2D eigenvalue weighted by molar-refractivity contribution is -0.0995. The minimum atomic E-state index is -0.121. The van der Waals surface area contributed by atoms with Crippen molar-refractivity contribution in [2.45, 2.75) is 38.5 Å². The number of rotatable bonds is 3. The maximum Gasteiger partial charge on any atom is 0.0753 e. The maximum absolute atomic E-state index is 6.21. The second-order valence-corrected chi connectivity index (χ2v) is 6.37. The largest absolute Gasteiger partial charge is 0.373 e. The van der Waals surface area contributed by atoms with Gasteiger partial charge in [0.05, 0.1) is 12.2 Å². The van der Waals surface area contributed by atoms with Gasteiger partial charge in [-0.15, -0.1) is 0 Å². The molecule has 2 unspecified atom stereocenters. The highest BCUT2D eigenvalue weighted by Crippen LogP contribution is 2.29. The average molecular weight is 283 g/mol. The van der Waals surface area contributed by atoms with Gasteiger partial charge >= 0.3 is 0 Å². The van der Waals surface area contributed by atoms with Gasteiger partial charge in [0.2, 0.25) is 0 Å². The van der Waals surface area contributed by atoms with E-state index in [1.54, 1.807) is 0 Å². The number of morpholine rings is 1. The number of ether oxygens (including phenoxy) is 1. The van der Waals surface area contributed by atoms with Crippen molar-refractivity contribution in [1.29, 1.82) is 0 Å². The van der Waals surface area contributed by atoms with E-state index in [0.29, 0.717) is 0 Å². The quantitative estimate of drug-likeness (QED) is 0.926. The summed E-state index contributed by atoms with van der Waals surface area (Å²) >= 11 is 6.10. The minimum Gasteiger partial charge on any atom is -0.373 e. The Kier molecular flexibility index (Phi) is 4.51. The summed E-state index contributed by atoms with van der Waals surface area (Å²) in [5, 5.41) is 0.760. The van der Waals surface area contributed by atoms with E-state index in [0.717, 1.165) is 24.7 Å². The molecule has 1 aliphatic rings. The van der Waals surface area contributed by atoms with E-state index in [1.165, 1.54) is 5.56 Å². The molecule has 1 heterocycles. The lowest BCUT2D eigenvalue weighted by atomic mass is 9.96. The van der Waals surface area contributed by atoms with Gasteiger partial charge in [-0.2, -0.15) is 0 Å². The second kappa shape index (κ2) is 5.80. The van der Waals surface area contributed by atoms with E-state index in [2.05, 4.69) is 24.8 Å². The van der Waals surface area contributed by atoms with Crippen molar-refractivity contribution in [2.24, 2.45) is 5.73 Å². The average Bonchev–Trinajstić information content (AvgIpc) is 2.27. The first-order valence-corrected chi connectivity index (χ1v) is 7.16. The van der Waals surface area contributed by atoms with Gasteiger partial charge in [0.1, 0.15) is 0 Å². The fourth-order valence-corrected chi connectivity index (χ4v) is 3.03. The highest BCUT2D eigenvalue weighted by atomic mass is 35.5. The van der Waals surface area contributed by atoms with E-state index in [1.807, 2.05) is 25.1 Å². The highest BCUT2D eigenvalue weighted by molar-refractivity contribution is 6.30. The summed E-state index contributed by atoms with van der Waals surface area (Å²) < 4.78 is 5.78. The first kappa shape index (κ1) is 14.8. The molecule has 0 saturated carbocycles. The first-order valence-electron chi connectivity index (χ1n) is 6.78. The van der Waals surface area contributed by atoms with Crippen LogP contribution in [0.1, 0.15) is 32.4 Å². The lowest BCUT2D eigenvalue weighted by Crippen LogP contribution is -2.52. The van der Waals surface area contributed by atoms with E-state index < -0.39 is 0 Å². The Morgan fingerprint density at radius 2 is 2.16 bits per heavy atom. The van der Waals surface area contributed by atoms with E-state index in [-0.39, 0.29) is 17.7 Å². The summed E-state index contributed by atoms with van der Waals surface area (Å²) in [6.07, 6.45) is 0. The van der Waals surface area contributed by atoms with Gasteiger partial charge in [-0.3, -0.25) is 4.90 Å². The Bertz CT molecular complexity index is 434. The summed E-state index contributed by atoms with van der Waals surface area (Å²) in [4.78, 5) is 2.40. The number of nitrogens with zero attached hydrogens (tertiary/aromatic N) is 1. The molecule has 2 rings (SSSR count). The van der Waals surface area contributed by atoms with Gasteiger partial charge in [0, 0.05) is 30.2 Å². The first-order chi connectivity index (χ1) is 8.89. The van der Waals surface area contributed by atoms with Crippen LogP contribution < -0.4 is 5.73 Å². The molecule has 106 valence electrons. The summed E-state index contributed by atoms with van der Waals surface area (Å²) in [5.41, 5.74) is 7.27. The molecule has 3 nitrogen and oxygen atoms in total. The molecule has 1 fully saturated rings. The van der Waals surface area contributed by atoms with Crippen LogP contribution in [0.15, 0.2) is 24.3 Å². The van der Waals surface area contributed by atoms with Gasteiger partial charge in [-0.1, -0.05) is 23.7 Å². The zero-order valence-electron chi connectivity index (χ0n) is 11.9. The van der Waals surface area contributed by atoms with Crippen LogP contribution in [-0.4, -0.2) is 36.2 Å². The van der Waals surface area contributed by atoms with Crippen LogP contribution in [0.4, 0.5) is 0 Å². The third kappa shape index (κ3) is 3.69. The molecule has 0 bridgehead atoms. The Morgan fingerprint density at radius 1 is 1.42 bits per heavy atom. The predicted octanol–water partition coefficient (Wildman–Crippen LogP) is 2.84. The molecule has 1 saturated heterocycles. The van der Waals surface area contributed by atoms with Gasteiger partial charge in [-0.05, 0) is 38.5 Å². The van der Waals surface area contributed by atoms with Crippen LogP contribution in [0.2, 0.25) is 5.02 Å². The van der Waals surface area contributed by atoms with Gasteiger partial charge in [0.15, 0.2) is 0 Å². The number of hydrogen-bond donors (Lipinski definition) is 1. The van der Waals surface area contributed by atoms with Crippen LogP contribution >= 0.6 is 11.6 Å². The van der Waals surface area contributed by atoms with Gasteiger partial charge in [-0.25, -0.2) is 0 Å². The van der Waals surface area contributed by atoms with Crippen molar-refractivity contribution in [3.05, 3.63) is 34.9 Å². The summed E-state index contributed by atoms with van der Waals surface area (Å²) in [7, 11) is 0. The van der Waals surface area contributed by atoms with Crippen molar-refractivity contribution in [3.8, 4) is 0 Å². The predicted molar refractivity (Wildman–Crippen MR) is 79.4 cm³/mol. The zero-order chi connectivity index (χ0) is 14.0. The zero-order valence-corrected chi connectivity index (χ0v) is 12.7. The van der Waals surface area contributed by atoms with Crippen LogP contribution in [0.5, 0.6) is 0 Å². The molecule has 0 radical (unpaired) electrons. The Morgan fingerprint density at radius 3 is 2.74 bits per heavy atom. The fourth-order valence-electron chi connectivity index (χ4n) is 2.83. The topological polar surface area (TPSA) is 38.5 Å². The Labute approximate surface area is 120 Å². The van der Waals surface area contributed by atoms with Crippen LogP contribution in [0.3, 0.4) is 0 Å². The highest BCUT2D eigenvalue weighted by Gasteiger charge is 2.33. The third-order valence-electron chi connectivity index (χ3n) is 3.54. The number of nitrogens with two attached hydrogens (primary N) is 1. The summed E-state index contributed by atoms with van der Waals surface area (Å²) in [6, 6.07) is 8.22. The molecule has 0 aromatic heterocycles. The molecular weight excluding hydrogens is 260 g/mol. The van der Waals surface area contributed by atoms with Crippen molar-refractivity contribution >= 4 is 11.6 Å². The van der Waals surface area contributed by atoms with Crippen LogP contribution in [-0.2, 0) is 4.74 Å². The molecule has 0 spiro atoms. The SMILES string of the molecule is CC(N)C(c1cccc(Cl)c1)N1CCOC(C)(C)C1. The van der Waals surface area contributed by atoms with Crippen molar-refractivity contribution < 1.29 is 4.74 Å². The smallest absolute Gasteiger partial charge is 0.0753 e. The Hall–Kier alpha value is -0.610. The molecule has 1 aromatic rings. The second-order valence-electron chi connectivity index (χ2n) is 5.94. The number of benzene rings is 1. The molecule has 2 atom stereocenters. The van der Waals surface area contributed by atoms with Gasteiger partial charge < -0.3 is 10.5 Å². The van der Waals surface area contributed by atoms with Crippen molar-refractivity contribution in [3.63, 3.8) is 0 Å². The lowest BCUT2D eigenvalue weighted by Gasteiger charge is -2.43. The maximum atomic E-state index is 6.21. The van der Waals surface area contributed by atoms with Crippen LogP contribution in [0, 0.1) is 0 Å². The monoisotopic (exact) mass is 282 g/mol. The van der Waals surface area contributed by atoms with Crippen molar-refractivity contribution in [1.82, 2.24) is 4.90 Å². The number of hydrogen-bond acceptors (Lipinski definition) is 3. The molecule has 4 heteroatoms. The number of halogens is 1. The third-order valence-corrected chi connectivity index (χ3v) is 3.77. The summed E-state index contributed by atoms with van der Waals surface area (Å²) in [5.74, 6) is 0. The van der Waals surface area contributed by atoms with Crippen LogP contribution in [0.25, 0.3) is 0 Å². The molecule has 1 aliphatic heterocycles. The molecule has 0 aliphatic carbocycles. The van der Waals surface area contributed by atoms with E-state index in [4.69, 9.17) is 22.1 Å². The molecule has 0 amide bonds. The molecular formula is C15H23ClN2O. The fraction of sp³-hybridized carbons (Fsp3) is 0.600. The van der Waals surface area contributed by atoms with Gasteiger partial charge in [0.25, 0.3) is 0 Å². The summed E-state index contributed by atoms with van der Waals surface area (Å²) in [6.45, 7) is 8.82. The van der Waals surface area contributed by atoms with E-state index >= 15 is 0 Å².